The maximum absolute atomic E-state index is 11.9. The number of aliphatic hydroxyl groups excluding tert-OH is 1. The van der Waals surface area contributed by atoms with E-state index in [2.05, 4.69) is 47.7 Å². The number of β-amino-alcohol motifs (C(OH)–C–C–N with tert-alkyl or cyclic N) is 1. The van der Waals surface area contributed by atoms with Gasteiger partial charge in [0.2, 0.25) is 0 Å². The molecule has 0 aliphatic carbocycles. The Morgan fingerprint density at radius 1 is 1.25 bits per heavy atom. The van der Waals surface area contributed by atoms with Gasteiger partial charge in [-0.1, -0.05) is 6.08 Å². The van der Waals surface area contributed by atoms with Crippen LogP contribution < -0.4 is 0 Å². The van der Waals surface area contributed by atoms with E-state index in [4.69, 9.17) is 4.74 Å². The van der Waals surface area contributed by atoms with Crippen LogP contribution in [0.5, 0.6) is 0 Å². The minimum atomic E-state index is -0.359. The van der Waals surface area contributed by atoms with Gasteiger partial charge in [-0.05, 0) is 67.6 Å². The molecule has 0 bridgehead atoms. The van der Waals surface area contributed by atoms with Crippen LogP contribution in [-0.2, 0) is 9.53 Å². The second kappa shape index (κ2) is 9.83. The van der Waals surface area contributed by atoms with Gasteiger partial charge in [-0.3, -0.25) is 9.69 Å². The third kappa shape index (κ3) is 5.11. The number of hydrogen-bond donors (Lipinski definition) is 1. The zero-order valence-electron chi connectivity index (χ0n) is 16.8. The lowest BCUT2D eigenvalue weighted by Gasteiger charge is -2.23. The van der Waals surface area contributed by atoms with Gasteiger partial charge in [0.15, 0.2) is 0 Å². The molecule has 0 aromatic carbocycles. The molecule has 1 aliphatic heterocycles. The molecule has 1 fully saturated rings. The van der Waals surface area contributed by atoms with E-state index < -0.39 is 0 Å². The van der Waals surface area contributed by atoms with Gasteiger partial charge in [-0.15, -0.1) is 22.7 Å². The van der Waals surface area contributed by atoms with Crippen LogP contribution in [0.4, 0.5) is 0 Å². The van der Waals surface area contributed by atoms with Crippen LogP contribution in [0.2, 0.25) is 0 Å². The lowest BCUT2D eigenvalue weighted by Crippen LogP contribution is -2.32. The summed E-state index contributed by atoms with van der Waals surface area (Å²) in [5.41, 5.74) is 3.92. The molecule has 1 N–H and O–H groups in total. The van der Waals surface area contributed by atoms with Gasteiger partial charge in [0, 0.05) is 34.5 Å². The molecule has 152 valence electrons. The molecule has 0 unspecified atom stereocenters. The highest BCUT2D eigenvalue weighted by molar-refractivity contribution is 7.14. The second-order valence-electron chi connectivity index (χ2n) is 7.32. The zero-order valence-corrected chi connectivity index (χ0v) is 18.4. The number of carbonyl (C=O) groups is 1. The summed E-state index contributed by atoms with van der Waals surface area (Å²) in [6, 6.07) is 4.41. The molecular formula is C22H29NO3S2. The number of rotatable bonds is 8. The number of aliphatic hydroxyl groups is 1. The molecule has 1 saturated heterocycles. The summed E-state index contributed by atoms with van der Waals surface area (Å²) in [4.78, 5) is 16.8. The molecule has 2 atom stereocenters. The van der Waals surface area contributed by atoms with E-state index in [-0.39, 0.29) is 18.1 Å². The molecule has 0 saturated carbocycles. The molecule has 3 heterocycles. The smallest absolute Gasteiger partial charge is 0.307 e. The third-order valence-electron chi connectivity index (χ3n) is 5.19. The topological polar surface area (TPSA) is 49.8 Å². The first-order valence-electron chi connectivity index (χ1n) is 9.86. The molecule has 4 nitrogen and oxygen atoms in total. The van der Waals surface area contributed by atoms with Crippen molar-refractivity contribution in [1.82, 2.24) is 4.90 Å². The highest BCUT2D eigenvalue weighted by Crippen LogP contribution is 2.35. The van der Waals surface area contributed by atoms with Crippen molar-refractivity contribution in [2.75, 3.05) is 19.7 Å². The van der Waals surface area contributed by atoms with E-state index in [1.807, 2.05) is 6.92 Å². The van der Waals surface area contributed by atoms with Crippen LogP contribution in [-0.4, -0.2) is 47.8 Å². The SMILES string of the molecule is CCOC(=O)C[C@H]1C[C@@H](O)CN1CCC=C(c1sccc1C)c1sccc1C. The summed E-state index contributed by atoms with van der Waals surface area (Å²) in [6.45, 7) is 8.01. The van der Waals surface area contributed by atoms with Crippen molar-refractivity contribution in [3.05, 3.63) is 49.9 Å². The number of esters is 1. The lowest BCUT2D eigenvalue weighted by atomic mass is 10.1. The van der Waals surface area contributed by atoms with E-state index in [0.717, 1.165) is 13.0 Å². The molecule has 0 radical (unpaired) electrons. The monoisotopic (exact) mass is 419 g/mol. The molecule has 28 heavy (non-hydrogen) atoms. The number of carbonyl (C=O) groups excluding carboxylic acids is 1. The fraction of sp³-hybridized carbons (Fsp3) is 0.500. The molecule has 0 spiro atoms. The third-order valence-corrected chi connectivity index (χ3v) is 7.29. The van der Waals surface area contributed by atoms with Gasteiger partial charge in [-0.25, -0.2) is 0 Å². The Balaban J connectivity index is 1.72. The van der Waals surface area contributed by atoms with Crippen LogP contribution in [0.1, 0.15) is 47.1 Å². The van der Waals surface area contributed by atoms with E-state index >= 15 is 0 Å². The van der Waals surface area contributed by atoms with Crippen molar-refractivity contribution >= 4 is 34.2 Å². The quantitative estimate of drug-likeness (QED) is 0.634. The minimum absolute atomic E-state index is 0.0675. The van der Waals surface area contributed by atoms with Crippen LogP contribution in [0, 0.1) is 13.8 Å². The summed E-state index contributed by atoms with van der Waals surface area (Å²) in [5.74, 6) is -0.175. The number of likely N-dealkylation sites (tertiary alicyclic amines) is 1. The zero-order chi connectivity index (χ0) is 20.1. The van der Waals surface area contributed by atoms with Gasteiger partial charge in [-0.2, -0.15) is 0 Å². The predicted molar refractivity (Wildman–Crippen MR) is 117 cm³/mol. The maximum atomic E-state index is 11.9. The van der Waals surface area contributed by atoms with Gasteiger partial charge in [0.1, 0.15) is 0 Å². The molecule has 2 aromatic heterocycles. The van der Waals surface area contributed by atoms with Crippen LogP contribution in [0.25, 0.3) is 5.57 Å². The van der Waals surface area contributed by atoms with Gasteiger partial charge in [0.05, 0.1) is 19.1 Å². The number of ether oxygens (including phenoxy) is 1. The molecule has 2 aromatic rings. The molecule has 1 aliphatic rings. The fourth-order valence-electron chi connectivity index (χ4n) is 3.82. The van der Waals surface area contributed by atoms with Crippen molar-refractivity contribution in [3.8, 4) is 0 Å². The Hall–Kier alpha value is -1.47. The van der Waals surface area contributed by atoms with Gasteiger partial charge < -0.3 is 9.84 Å². The average Bonchev–Trinajstić information content (AvgIpc) is 3.34. The first-order chi connectivity index (χ1) is 13.5. The van der Waals surface area contributed by atoms with E-state index in [1.54, 1.807) is 22.7 Å². The Kier molecular flexibility index (Phi) is 7.46. The van der Waals surface area contributed by atoms with Crippen molar-refractivity contribution in [1.29, 1.82) is 0 Å². The summed E-state index contributed by atoms with van der Waals surface area (Å²) in [7, 11) is 0. The lowest BCUT2D eigenvalue weighted by molar-refractivity contribution is -0.144. The van der Waals surface area contributed by atoms with Crippen molar-refractivity contribution in [2.24, 2.45) is 0 Å². The largest absolute Gasteiger partial charge is 0.466 e. The molecule has 3 rings (SSSR count). The fourth-order valence-corrected chi connectivity index (χ4v) is 5.83. The van der Waals surface area contributed by atoms with Gasteiger partial charge in [0.25, 0.3) is 0 Å². The van der Waals surface area contributed by atoms with Gasteiger partial charge >= 0.3 is 5.97 Å². The number of hydrogen-bond acceptors (Lipinski definition) is 6. The number of thiophene rings is 2. The number of aryl methyl sites for hydroxylation is 2. The highest BCUT2D eigenvalue weighted by atomic mass is 32.1. The van der Waals surface area contributed by atoms with E-state index in [0.29, 0.717) is 26.0 Å². The number of nitrogens with zero attached hydrogens (tertiary/aromatic N) is 1. The first kappa shape index (κ1) is 21.2. The predicted octanol–water partition coefficient (Wildman–Crippen LogP) is 4.64. The average molecular weight is 420 g/mol. The van der Waals surface area contributed by atoms with Crippen LogP contribution in [0.3, 0.4) is 0 Å². The van der Waals surface area contributed by atoms with Crippen LogP contribution >= 0.6 is 22.7 Å². The highest BCUT2D eigenvalue weighted by Gasteiger charge is 2.32. The summed E-state index contributed by atoms with van der Waals surface area (Å²) >= 11 is 3.57. The van der Waals surface area contributed by atoms with E-state index in [9.17, 15) is 9.90 Å². The normalized spacial score (nSPS) is 19.7. The maximum Gasteiger partial charge on any atom is 0.307 e. The Labute approximate surface area is 175 Å². The molecule has 6 heteroatoms. The minimum Gasteiger partial charge on any atom is -0.466 e. The van der Waals surface area contributed by atoms with Crippen molar-refractivity contribution in [3.63, 3.8) is 0 Å². The second-order valence-corrected chi connectivity index (χ2v) is 9.15. The standard InChI is InChI=1S/C22H29NO3S2/c1-4-26-20(25)13-17-12-18(24)14-23(17)9-5-6-19(21-15(2)7-10-27-21)22-16(3)8-11-28-22/h6-8,10-11,17-18,24H,4-5,9,12-14H2,1-3H3/t17-,18-/m1/s1. The van der Waals surface area contributed by atoms with Crippen molar-refractivity contribution in [2.45, 2.75) is 52.2 Å². The summed E-state index contributed by atoms with van der Waals surface area (Å²) in [5, 5.41) is 14.4. The Morgan fingerprint density at radius 3 is 2.43 bits per heavy atom. The Bertz CT molecular complexity index is 781. The molecular weight excluding hydrogens is 390 g/mol. The van der Waals surface area contributed by atoms with Crippen molar-refractivity contribution < 1.29 is 14.6 Å². The van der Waals surface area contributed by atoms with Crippen LogP contribution in [0.15, 0.2) is 29.0 Å². The summed E-state index contributed by atoms with van der Waals surface area (Å²) in [6.07, 6.45) is 3.85. The molecule has 0 amide bonds. The first-order valence-corrected chi connectivity index (χ1v) is 11.6. The summed E-state index contributed by atoms with van der Waals surface area (Å²) < 4.78 is 5.10. The van der Waals surface area contributed by atoms with E-state index in [1.165, 1.54) is 26.5 Å². The Morgan fingerprint density at radius 2 is 1.89 bits per heavy atom.